The van der Waals surface area contributed by atoms with E-state index in [0.717, 1.165) is 45.8 Å². The molecule has 3 heterocycles. The van der Waals surface area contributed by atoms with E-state index in [9.17, 15) is 4.39 Å². The molecule has 2 saturated heterocycles. The largest absolute Gasteiger partial charge is 0.338 e. The Balaban J connectivity index is 1.53. The minimum atomic E-state index is -0.381. The van der Waals surface area contributed by atoms with Gasteiger partial charge in [-0.3, -0.25) is 4.90 Å². The van der Waals surface area contributed by atoms with Gasteiger partial charge in [0.25, 0.3) is 0 Å². The Morgan fingerprint density at radius 1 is 1.25 bits per heavy atom. The Bertz CT molecular complexity index is 435. The SMILES string of the molecule is CC1(CN2CCN(c3ncc(F)cn3)CC2)CCNC1. The van der Waals surface area contributed by atoms with Crippen LogP contribution in [-0.4, -0.2) is 60.7 Å². The molecule has 20 heavy (non-hydrogen) atoms. The van der Waals surface area contributed by atoms with Gasteiger partial charge in [0.05, 0.1) is 12.4 Å². The van der Waals surface area contributed by atoms with Crippen LogP contribution in [0.5, 0.6) is 0 Å². The van der Waals surface area contributed by atoms with Crippen molar-refractivity contribution in [2.24, 2.45) is 5.41 Å². The van der Waals surface area contributed by atoms with Crippen molar-refractivity contribution in [1.29, 1.82) is 0 Å². The molecule has 1 atom stereocenters. The molecular formula is C14H22FN5. The number of halogens is 1. The highest BCUT2D eigenvalue weighted by molar-refractivity contribution is 5.29. The minimum absolute atomic E-state index is 0.381. The van der Waals surface area contributed by atoms with Gasteiger partial charge in [-0.1, -0.05) is 6.92 Å². The first-order valence-corrected chi connectivity index (χ1v) is 7.30. The third-order valence-electron chi connectivity index (χ3n) is 4.32. The number of aromatic nitrogens is 2. The molecule has 0 spiro atoms. The van der Waals surface area contributed by atoms with Crippen molar-refractivity contribution in [2.45, 2.75) is 13.3 Å². The monoisotopic (exact) mass is 279 g/mol. The van der Waals surface area contributed by atoms with E-state index in [1.54, 1.807) is 0 Å². The van der Waals surface area contributed by atoms with Gasteiger partial charge in [-0.05, 0) is 18.4 Å². The molecule has 0 radical (unpaired) electrons. The van der Waals surface area contributed by atoms with Gasteiger partial charge in [-0.15, -0.1) is 0 Å². The van der Waals surface area contributed by atoms with Gasteiger partial charge in [0.1, 0.15) is 0 Å². The van der Waals surface area contributed by atoms with E-state index < -0.39 is 0 Å². The Labute approximate surface area is 119 Å². The smallest absolute Gasteiger partial charge is 0.225 e. The Hall–Kier alpha value is -1.27. The van der Waals surface area contributed by atoms with Crippen molar-refractivity contribution in [3.8, 4) is 0 Å². The normalized spacial score (nSPS) is 28.0. The summed E-state index contributed by atoms with van der Waals surface area (Å²) in [6.45, 7) is 9.64. The Morgan fingerprint density at radius 2 is 1.95 bits per heavy atom. The third-order valence-corrected chi connectivity index (χ3v) is 4.32. The fraction of sp³-hybridized carbons (Fsp3) is 0.714. The lowest BCUT2D eigenvalue weighted by Crippen LogP contribution is -2.50. The van der Waals surface area contributed by atoms with E-state index in [-0.39, 0.29) is 5.82 Å². The molecule has 110 valence electrons. The second-order valence-corrected chi connectivity index (χ2v) is 6.20. The van der Waals surface area contributed by atoms with E-state index in [0.29, 0.717) is 11.4 Å². The zero-order valence-electron chi connectivity index (χ0n) is 12.0. The third kappa shape index (κ3) is 3.07. The van der Waals surface area contributed by atoms with Crippen LogP contribution in [0, 0.1) is 11.2 Å². The van der Waals surface area contributed by atoms with Crippen LogP contribution in [0.2, 0.25) is 0 Å². The number of hydrogen-bond acceptors (Lipinski definition) is 5. The minimum Gasteiger partial charge on any atom is -0.338 e. The van der Waals surface area contributed by atoms with Crippen LogP contribution in [-0.2, 0) is 0 Å². The van der Waals surface area contributed by atoms with Crippen molar-refractivity contribution < 1.29 is 4.39 Å². The molecule has 5 nitrogen and oxygen atoms in total. The summed E-state index contributed by atoms with van der Waals surface area (Å²) in [5.41, 5.74) is 0.411. The highest BCUT2D eigenvalue weighted by Gasteiger charge is 2.31. The maximum atomic E-state index is 12.8. The molecule has 1 N–H and O–H groups in total. The van der Waals surface area contributed by atoms with Crippen LogP contribution in [0.3, 0.4) is 0 Å². The van der Waals surface area contributed by atoms with E-state index in [1.807, 2.05) is 0 Å². The second-order valence-electron chi connectivity index (χ2n) is 6.20. The first-order valence-electron chi connectivity index (χ1n) is 7.30. The predicted octanol–water partition coefficient (Wildman–Crippen LogP) is 0.737. The van der Waals surface area contributed by atoms with Crippen LogP contribution in [0.15, 0.2) is 12.4 Å². The maximum Gasteiger partial charge on any atom is 0.225 e. The molecule has 1 aromatic heterocycles. The van der Waals surface area contributed by atoms with Crippen molar-refractivity contribution in [3.05, 3.63) is 18.2 Å². The number of nitrogens with zero attached hydrogens (tertiary/aromatic N) is 4. The first-order chi connectivity index (χ1) is 9.65. The average Bonchev–Trinajstić information content (AvgIpc) is 2.87. The molecule has 0 saturated carbocycles. The Kier molecular flexibility index (Phi) is 3.85. The van der Waals surface area contributed by atoms with E-state index in [1.165, 1.54) is 18.8 Å². The summed E-state index contributed by atoms with van der Waals surface area (Å²) in [6.07, 6.45) is 3.73. The summed E-state index contributed by atoms with van der Waals surface area (Å²) in [5.74, 6) is 0.258. The molecule has 1 aromatic rings. The molecule has 6 heteroatoms. The van der Waals surface area contributed by atoms with Crippen molar-refractivity contribution >= 4 is 5.95 Å². The summed E-state index contributed by atoms with van der Waals surface area (Å²) < 4.78 is 12.8. The van der Waals surface area contributed by atoms with Crippen LogP contribution in [0.4, 0.5) is 10.3 Å². The highest BCUT2D eigenvalue weighted by Crippen LogP contribution is 2.26. The highest BCUT2D eigenvalue weighted by atomic mass is 19.1. The quantitative estimate of drug-likeness (QED) is 0.884. The number of anilines is 1. The van der Waals surface area contributed by atoms with E-state index in [2.05, 4.69) is 32.0 Å². The van der Waals surface area contributed by atoms with Crippen molar-refractivity contribution in [2.75, 3.05) is 50.7 Å². The summed E-state index contributed by atoms with van der Waals surface area (Å²) in [4.78, 5) is 12.8. The molecule has 3 rings (SSSR count). The molecular weight excluding hydrogens is 257 g/mol. The molecule has 2 aliphatic rings. The summed E-state index contributed by atoms with van der Waals surface area (Å²) in [7, 11) is 0. The molecule has 0 bridgehead atoms. The fourth-order valence-electron chi connectivity index (χ4n) is 3.12. The molecule has 2 fully saturated rings. The van der Waals surface area contributed by atoms with Gasteiger partial charge in [0.2, 0.25) is 5.95 Å². The topological polar surface area (TPSA) is 44.3 Å². The van der Waals surface area contributed by atoms with Crippen LogP contribution in [0.25, 0.3) is 0 Å². The van der Waals surface area contributed by atoms with Crippen molar-refractivity contribution in [3.63, 3.8) is 0 Å². The summed E-state index contributed by atoms with van der Waals surface area (Å²) in [6, 6.07) is 0. The van der Waals surface area contributed by atoms with Gasteiger partial charge in [0, 0.05) is 39.3 Å². The molecule has 2 aliphatic heterocycles. The predicted molar refractivity (Wildman–Crippen MR) is 76.2 cm³/mol. The fourth-order valence-corrected chi connectivity index (χ4v) is 3.12. The lowest BCUT2D eigenvalue weighted by molar-refractivity contribution is 0.169. The zero-order chi connectivity index (χ0) is 14.0. The number of piperazine rings is 1. The van der Waals surface area contributed by atoms with Crippen LogP contribution < -0.4 is 10.2 Å². The van der Waals surface area contributed by atoms with E-state index in [4.69, 9.17) is 0 Å². The van der Waals surface area contributed by atoms with Gasteiger partial charge in [0.15, 0.2) is 5.82 Å². The maximum absolute atomic E-state index is 12.8. The first kappa shape index (κ1) is 13.7. The molecule has 0 aliphatic carbocycles. The zero-order valence-corrected chi connectivity index (χ0v) is 12.0. The Morgan fingerprint density at radius 3 is 2.55 bits per heavy atom. The average molecular weight is 279 g/mol. The lowest BCUT2D eigenvalue weighted by Gasteiger charge is -2.38. The van der Waals surface area contributed by atoms with Crippen LogP contribution in [0.1, 0.15) is 13.3 Å². The van der Waals surface area contributed by atoms with Gasteiger partial charge >= 0.3 is 0 Å². The molecule has 0 amide bonds. The van der Waals surface area contributed by atoms with Gasteiger partial charge < -0.3 is 10.2 Å². The van der Waals surface area contributed by atoms with Crippen molar-refractivity contribution in [1.82, 2.24) is 20.2 Å². The second kappa shape index (κ2) is 5.61. The van der Waals surface area contributed by atoms with Crippen LogP contribution >= 0.6 is 0 Å². The number of hydrogen-bond donors (Lipinski definition) is 1. The standard InChI is InChI=1S/C14H22FN5/c1-14(2-3-16-10-14)11-19-4-6-20(7-5-19)13-17-8-12(15)9-18-13/h8-9,16H,2-7,10-11H2,1H3. The summed E-state index contributed by atoms with van der Waals surface area (Å²) in [5, 5.41) is 3.45. The molecule has 1 unspecified atom stereocenters. The van der Waals surface area contributed by atoms with E-state index >= 15 is 0 Å². The lowest BCUT2D eigenvalue weighted by atomic mass is 9.89. The van der Waals surface area contributed by atoms with Gasteiger partial charge in [-0.2, -0.15) is 0 Å². The molecule has 0 aromatic carbocycles. The summed E-state index contributed by atoms with van der Waals surface area (Å²) >= 11 is 0. The number of rotatable bonds is 3. The van der Waals surface area contributed by atoms with Gasteiger partial charge in [-0.25, -0.2) is 14.4 Å². The number of nitrogens with one attached hydrogen (secondary N) is 1.